The molecule has 1 aliphatic carbocycles. The lowest BCUT2D eigenvalue weighted by Crippen LogP contribution is -2.52. The molecule has 1 N–H and O–H groups in total. The molecule has 10 heteroatoms. The Morgan fingerprint density at radius 3 is 2.24 bits per heavy atom. The quantitative estimate of drug-likeness (QED) is 0.282. The van der Waals surface area contributed by atoms with Crippen LogP contribution in [-0.4, -0.2) is 50.0 Å². The van der Waals surface area contributed by atoms with E-state index < -0.39 is 28.5 Å². The molecule has 2 amide bonds. The van der Waals surface area contributed by atoms with E-state index in [1.807, 2.05) is 54.6 Å². The Balaban J connectivity index is 1.55. The SMILES string of the molecule is C[C@H](C(=O)NC1CCCCC1)N(Cc1cccc(Br)c1)C(=O)CN(c1ccc(Oc2ccccc2)cc1)S(C)(=O)=O. The topological polar surface area (TPSA) is 96.0 Å². The summed E-state index contributed by atoms with van der Waals surface area (Å²) in [5.74, 6) is 0.461. The Morgan fingerprint density at radius 2 is 1.61 bits per heavy atom. The molecule has 4 rings (SSSR count). The van der Waals surface area contributed by atoms with Gasteiger partial charge in [-0.2, -0.15) is 0 Å². The number of carbonyl (C=O) groups is 2. The molecule has 0 bridgehead atoms. The van der Waals surface area contributed by atoms with Gasteiger partial charge in [0.1, 0.15) is 24.1 Å². The molecule has 41 heavy (non-hydrogen) atoms. The first-order chi connectivity index (χ1) is 19.6. The van der Waals surface area contributed by atoms with Crippen molar-refractivity contribution in [3.8, 4) is 11.5 Å². The van der Waals surface area contributed by atoms with E-state index in [-0.39, 0.29) is 18.5 Å². The molecule has 1 saturated carbocycles. The highest BCUT2D eigenvalue weighted by molar-refractivity contribution is 9.10. The molecule has 0 heterocycles. The summed E-state index contributed by atoms with van der Waals surface area (Å²) in [5, 5.41) is 3.10. The van der Waals surface area contributed by atoms with Crippen LogP contribution < -0.4 is 14.4 Å². The molecule has 1 aliphatic rings. The minimum Gasteiger partial charge on any atom is -0.457 e. The van der Waals surface area contributed by atoms with E-state index in [1.54, 1.807) is 31.2 Å². The normalized spacial score (nSPS) is 14.6. The van der Waals surface area contributed by atoms with Crippen molar-refractivity contribution in [1.82, 2.24) is 10.2 Å². The minimum atomic E-state index is -3.83. The summed E-state index contributed by atoms with van der Waals surface area (Å²) < 4.78 is 33.5. The molecule has 3 aromatic rings. The van der Waals surface area contributed by atoms with Crippen LogP contribution >= 0.6 is 15.9 Å². The van der Waals surface area contributed by atoms with Crippen molar-refractivity contribution in [2.75, 3.05) is 17.1 Å². The summed E-state index contributed by atoms with van der Waals surface area (Å²) in [4.78, 5) is 28.6. The molecule has 3 aromatic carbocycles. The Labute approximate surface area is 250 Å². The molecule has 218 valence electrons. The molecular weight excluding hydrogens is 606 g/mol. The van der Waals surface area contributed by atoms with Gasteiger partial charge in [-0.3, -0.25) is 13.9 Å². The van der Waals surface area contributed by atoms with Crippen LogP contribution in [0.1, 0.15) is 44.6 Å². The monoisotopic (exact) mass is 641 g/mol. The Kier molecular flexibility index (Phi) is 10.4. The third kappa shape index (κ3) is 8.81. The second kappa shape index (κ2) is 14.0. The summed E-state index contributed by atoms with van der Waals surface area (Å²) >= 11 is 3.46. The number of ether oxygens (including phenoxy) is 1. The fourth-order valence-electron chi connectivity index (χ4n) is 4.90. The van der Waals surface area contributed by atoms with Crippen LogP contribution in [-0.2, 0) is 26.2 Å². The van der Waals surface area contributed by atoms with E-state index >= 15 is 0 Å². The largest absolute Gasteiger partial charge is 0.457 e. The number of anilines is 1. The maximum absolute atomic E-state index is 13.8. The van der Waals surface area contributed by atoms with Gasteiger partial charge in [0, 0.05) is 17.1 Å². The summed E-state index contributed by atoms with van der Waals surface area (Å²) in [5.41, 5.74) is 1.14. The number of benzene rings is 3. The van der Waals surface area contributed by atoms with Crippen molar-refractivity contribution in [2.45, 2.75) is 57.7 Å². The third-order valence-corrected chi connectivity index (χ3v) is 8.78. The average molecular weight is 643 g/mol. The summed E-state index contributed by atoms with van der Waals surface area (Å²) in [6.07, 6.45) is 6.20. The van der Waals surface area contributed by atoms with E-state index in [9.17, 15) is 18.0 Å². The first-order valence-electron chi connectivity index (χ1n) is 13.7. The number of hydrogen-bond acceptors (Lipinski definition) is 5. The molecule has 0 aliphatic heterocycles. The van der Waals surface area contributed by atoms with Gasteiger partial charge in [-0.25, -0.2) is 8.42 Å². The van der Waals surface area contributed by atoms with Crippen LogP contribution in [0.25, 0.3) is 0 Å². The van der Waals surface area contributed by atoms with Crippen LogP contribution in [0.5, 0.6) is 11.5 Å². The zero-order chi connectivity index (χ0) is 29.4. The van der Waals surface area contributed by atoms with Crippen LogP contribution in [0, 0.1) is 0 Å². The molecule has 0 aromatic heterocycles. The van der Waals surface area contributed by atoms with Crippen molar-refractivity contribution in [1.29, 1.82) is 0 Å². The predicted octanol–water partition coefficient (Wildman–Crippen LogP) is 5.87. The number of nitrogens with one attached hydrogen (secondary N) is 1. The summed E-state index contributed by atoms with van der Waals surface area (Å²) in [6, 6.07) is 22.5. The van der Waals surface area contributed by atoms with E-state index in [0.29, 0.717) is 17.2 Å². The highest BCUT2D eigenvalue weighted by Crippen LogP contribution is 2.26. The number of halogens is 1. The lowest BCUT2D eigenvalue weighted by molar-refractivity contribution is -0.139. The lowest BCUT2D eigenvalue weighted by Gasteiger charge is -2.33. The maximum atomic E-state index is 13.8. The number of hydrogen-bond donors (Lipinski definition) is 1. The van der Waals surface area contributed by atoms with E-state index in [0.717, 1.165) is 52.7 Å². The standard InChI is InChI=1S/C31H36BrN3O5S/c1-23(31(37)33-26-12-5-3-6-13-26)34(21-24-10-9-11-25(32)20-24)30(36)22-35(41(2,38)39)27-16-18-29(19-17-27)40-28-14-7-4-8-15-28/h4,7-11,14-20,23,26H,3,5-6,12-13,21-22H2,1-2H3,(H,33,37)/t23-/m1/s1. The van der Waals surface area contributed by atoms with Gasteiger partial charge in [-0.15, -0.1) is 0 Å². The summed E-state index contributed by atoms with van der Waals surface area (Å²) in [7, 11) is -3.83. The van der Waals surface area contributed by atoms with E-state index in [2.05, 4.69) is 21.2 Å². The highest BCUT2D eigenvalue weighted by atomic mass is 79.9. The average Bonchev–Trinajstić information content (AvgIpc) is 2.95. The second-order valence-corrected chi connectivity index (χ2v) is 13.2. The number of sulfonamides is 1. The van der Waals surface area contributed by atoms with Crippen molar-refractivity contribution >= 4 is 43.5 Å². The fourth-order valence-corrected chi connectivity index (χ4v) is 6.20. The lowest BCUT2D eigenvalue weighted by atomic mass is 9.95. The number of amides is 2. The Hall–Kier alpha value is -3.37. The van der Waals surface area contributed by atoms with E-state index in [1.165, 1.54) is 4.90 Å². The van der Waals surface area contributed by atoms with Crippen molar-refractivity contribution < 1.29 is 22.7 Å². The Morgan fingerprint density at radius 1 is 0.951 bits per heavy atom. The minimum absolute atomic E-state index is 0.0886. The first kappa shape index (κ1) is 30.6. The number of rotatable bonds is 11. The molecule has 8 nitrogen and oxygen atoms in total. The number of nitrogens with zero attached hydrogens (tertiary/aromatic N) is 2. The van der Waals surface area contributed by atoms with E-state index in [4.69, 9.17) is 4.74 Å². The van der Waals surface area contributed by atoms with Gasteiger partial charge in [0.25, 0.3) is 0 Å². The van der Waals surface area contributed by atoms with Crippen molar-refractivity contribution in [2.24, 2.45) is 0 Å². The molecule has 0 saturated heterocycles. The van der Waals surface area contributed by atoms with Gasteiger partial charge in [0.05, 0.1) is 11.9 Å². The zero-order valence-corrected chi connectivity index (χ0v) is 25.7. The molecular formula is C31H36BrN3O5S. The molecule has 0 spiro atoms. The fraction of sp³-hybridized carbons (Fsp3) is 0.355. The second-order valence-electron chi connectivity index (χ2n) is 10.3. The maximum Gasteiger partial charge on any atom is 0.244 e. The number of para-hydroxylation sites is 1. The molecule has 1 fully saturated rings. The predicted molar refractivity (Wildman–Crippen MR) is 164 cm³/mol. The van der Waals surface area contributed by atoms with Crippen LogP contribution in [0.15, 0.2) is 83.3 Å². The van der Waals surface area contributed by atoms with Crippen LogP contribution in [0.3, 0.4) is 0 Å². The van der Waals surface area contributed by atoms with Crippen molar-refractivity contribution in [3.05, 3.63) is 88.9 Å². The van der Waals surface area contributed by atoms with Crippen molar-refractivity contribution in [3.63, 3.8) is 0 Å². The highest BCUT2D eigenvalue weighted by Gasteiger charge is 2.31. The smallest absolute Gasteiger partial charge is 0.244 e. The number of carbonyl (C=O) groups excluding carboxylic acids is 2. The zero-order valence-electron chi connectivity index (χ0n) is 23.3. The molecule has 0 radical (unpaired) electrons. The third-order valence-electron chi connectivity index (χ3n) is 7.14. The Bertz CT molecular complexity index is 1430. The van der Waals surface area contributed by atoms with Gasteiger partial charge < -0.3 is 15.0 Å². The van der Waals surface area contributed by atoms with Gasteiger partial charge in [-0.05, 0) is 73.9 Å². The van der Waals surface area contributed by atoms with Gasteiger partial charge in [0.2, 0.25) is 21.8 Å². The van der Waals surface area contributed by atoms with Crippen LogP contribution in [0.4, 0.5) is 5.69 Å². The molecule has 0 unspecified atom stereocenters. The van der Waals surface area contributed by atoms with Gasteiger partial charge in [-0.1, -0.05) is 65.5 Å². The summed E-state index contributed by atoms with van der Waals surface area (Å²) in [6.45, 7) is 1.39. The van der Waals surface area contributed by atoms with Gasteiger partial charge >= 0.3 is 0 Å². The molecule has 1 atom stereocenters. The van der Waals surface area contributed by atoms with Crippen LogP contribution in [0.2, 0.25) is 0 Å². The first-order valence-corrected chi connectivity index (χ1v) is 16.4. The van der Waals surface area contributed by atoms with Gasteiger partial charge in [0.15, 0.2) is 0 Å².